The van der Waals surface area contributed by atoms with Gasteiger partial charge >= 0.3 is 5.97 Å². The van der Waals surface area contributed by atoms with Crippen LogP contribution in [-0.2, 0) is 4.79 Å². The third-order valence-corrected chi connectivity index (χ3v) is 4.36. The van der Waals surface area contributed by atoms with E-state index in [0.717, 1.165) is 30.6 Å². The lowest BCUT2D eigenvalue weighted by molar-refractivity contribution is -0.385. The van der Waals surface area contributed by atoms with Crippen molar-refractivity contribution in [1.82, 2.24) is 0 Å². The molecule has 1 N–H and O–H groups in total. The molecule has 1 atom stereocenters. The number of nitro groups is 1. The molecule has 1 saturated heterocycles. The van der Waals surface area contributed by atoms with Gasteiger partial charge in [0.05, 0.1) is 10.5 Å². The SMILES string of the molecule is CC1CN(c2ccc([N+](=O)[O-])c(/C=C/C(=O)O)c2)CCS1. The van der Waals surface area contributed by atoms with E-state index in [4.69, 9.17) is 5.11 Å². The lowest BCUT2D eigenvalue weighted by atomic mass is 10.1. The molecule has 1 aromatic carbocycles. The van der Waals surface area contributed by atoms with Crippen LogP contribution < -0.4 is 4.90 Å². The average Bonchev–Trinajstić information content (AvgIpc) is 2.44. The molecule has 0 amide bonds. The van der Waals surface area contributed by atoms with Crippen LogP contribution in [0, 0.1) is 10.1 Å². The van der Waals surface area contributed by atoms with Gasteiger partial charge in [0, 0.05) is 41.9 Å². The zero-order valence-electron chi connectivity index (χ0n) is 11.6. The molecule has 1 heterocycles. The number of benzene rings is 1. The van der Waals surface area contributed by atoms with E-state index in [9.17, 15) is 14.9 Å². The van der Waals surface area contributed by atoms with E-state index in [1.165, 1.54) is 12.1 Å². The van der Waals surface area contributed by atoms with Crippen LogP contribution in [0.3, 0.4) is 0 Å². The number of nitrogens with zero attached hydrogens (tertiary/aromatic N) is 2. The Morgan fingerprint density at radius 3 is 2.95 bits per heavy atom. The zero-order valence-corrected chi connectivity index (χ0v) is 12.4. The fraction of sp³-hybridized carbons (Fsp3) is 0.357. The van der Waals surface area contributed by atoms with E-state index in [1.807, 2.05) is 11.8 Å². The molecular weight excluding hydrogens is 292 g/mol. The van der Waals surface area contributed by atoms with Crippen LogP contribution in [0.25, 0.3) is 6.08 Å². The first kappa shape index (κ1) is 15.4. The average molecular weight is 308 g/mol. The van der Waals surface area contributed by atoms with Crippen molar-refractivity contribution in [3.8, 4) is 0 Å². The lowest BCUT2D eigenvalue weighted by Gasteiger charge is -2.32. The van der Waals surface area contributed by atoms with Crippen LogP contribution in [0.15, 0.2) is 24.3 Å². The summed E-state index contributed by atoms with van der Waals surface area (Å²) in [6.45, 7) is 3.91. The molecule has 1 unspecified atom stereocenters. The third-order valence-electron chi connectivity index (χ3n) is 3.22. The molecule has 7 heteroatoms. The molecule has 1 aromatic rings. The normalized spacial score (nSPS) is 18.9. The van der Waals surface area contributed by atoms with E-state index in [0.29, 0.717) is 10.8 Å². The summed E-state index contributed by atoms with van der Waals surface area (Å²) in [5, 5.41) is 20.2. The quantitative estimate of drug-likeness (QED) is 0.523. The number of hydrogen-bond acceptors (Lipinski definition) is 5. The molecule has 0 saturated carbocycles. The predicted octanol–water partition coefficient (Wildman–Crippen LogP) is 2.63. The molecule has 112 valence electrons. The smallest absolute Gasteiger partial charge is 0.328 e. The number of rotatable bonds is 4. The van der Waals surface area contributed by atoms with Crippen molar-refractivity contribution in [3.63, 3.8) is 0 Å². The minimum Gasteiger partial charge on any atom is -0.478 e. The maximum atomic E-state index is 11.0. The van der Waals surface area contributed by atoms with Crippen LogP contribution in [0.2, 0.25) is 0 Å². The van der Waals surface area contributed by atoms with Gasteiger partial charge in [-0.05, 0) is 18.2 Å². The maximum Gasteiger partial charge on any atom is 0.328 e. The number of thioether (sulfide) groups is 1. The summed E-state index contributed by atoms with van der Waals surface area (Å²) in [4.78, 5) is 23.3. The number of carboxylic acid groups (broad SMARTS) is 1. The fourth-order valence-electron chi connectivity index (χ4n) is 2.25. The highest BCUT2D eigenvalue weighted by atomic mass is 32.2. The Labute approximate surface area is 126 Å². The van der Waals surface area contributed by atoms with Crippen LogP contribution in [-0.4, -0.2) is 40.1 Å². The Bertz CT molecular complexity index is 588. The fourth-order valence-corrected chi connectivity index (χ4v) is 3.27. The number of carbonyl (C=O) groups is 1. The van der Waals surface area contributed by atoms with Gasteiger partial charge in [0.1, 0.15) is 0 Å². The molecule has 2 rings (SSSR count). The number of carboxylic acids is 1. The minimum atomic E-state index is -1.13. The molecule has 0 aromatic heterocycles. The molecule has 0 spiro atoms. The number of aliphatic carboxylic acids is 1. The summed E-state index contributed by atoms with van der Waals surface area (Å²) < 4.78 is 0. The molecule has 1 fully saturated rings. The van der Waals surface area contributed by atoms with Gasteiger partial charge < -0.3 is 10.0 Å². The molecule has 0 aliphatic carbocycles. The van der Waals surface area contributed by atoms with Crippen LogP contribution in [0.5, 0.6) is 0 Å². The van der Waals surface area contributed by atoms with Crippen LogP contribution in [0.4, 0.5) is 11.4 Å². The van der Waals surface area contributed by atoms with Crippen LogP contribution in [0.1, 0.15) is 12.5 Å². The molecule has 0 radical (unpaired) electrons. The summed E-state index contributed by atoms with van der Waals surface area (Å²) in [7, 11) is 0. The predicted molar refractivity (Wildman–Crippen MR) is 83.9 cm³/mol. The number of hydrogen-bond donors (Lipinski definition) is 1. The van der Waals surface area contributed by atoms with Crippen molar-refractivity contribution in [2.45, 2.75) is 12.2 Å². The topological polar surface area (TPSA) is 83.7 Å². The van der Waals surface area contributed by atoms with Crippen LogP contribution >= 0.6 is 11.8 Å². The highest BCUT2D eigenvalue weighted by Crippen LogP contribution is 2.29. The lowest BCUT2D eigenvalue weighted by Crippen LogP contribution is -2.36. The van der Waals surface area contributed by atoms with E-state index >= 15 is 0 Å². The van der Waals surface area contributed by atoms with Gasteiger partial charge in [0.15, 0.2) is 0 Å². The largest absolute Gasteiger partial charge is 0.478 e. The van der Waals surface area contributed by atoms with E-state index in [-0.39, 0.29) is 5.69 Å². The number of nitro benzene ring substituents is 1. The Hall–Kier alpha value is -2.02. The van der Waals surface area contributed by atoms with Gasteiger partial charge in [0.2, 0.25) is 0 Å². The molecule has 6 nitrogen and oxygen atoms in total. The van der Waals surface area contributed by atoms with Crippen molar-refractivity contribution in [3.05, 3.63) is 40.0 Å². The van der Waals surface area contributed by atoms with E-state index < -0.39 is 10.9 Å². The standard InChI is InChI=1S/C14H16N2O4S/c1-10-9-15(6-7-21-10)12-3-4-13(16(19)20)11(8-12)2-5-14(17)18/h2-5,8,10H,6-7,9H2,1H3,(H,17,18)/b5-2+. The second-order valence-corrected chi connectivity index (χ2v) is 6.35. The van der Waals surface area contributed by atoms with Gasteiger partial charge in [-0.15, -0.1) is 0 Å². The Morgan fingerprint density at radius 2 is 2.33 bits per heavy atom. The van der Waals surface area contributed by atoms with Gasteiger partial charge in [-0.3, -0.25) is 10.1 Å². The maximum absolute atomic E-state index is 11.0. The summed E-state index contributed by atoms with van der Waals surface area (Å²) in [6, 6.07) is 4.84. The first-order valence-corrected chi connectivity index (χ1v) is 7.58. The summed E-state index contributed by atoms with van der Waals surface area (Å²) in [5.41, 5.74) is 1.11. The molecule has 0 bridgehead atoms. The van der Waals surface area contributed by atoms with Gasteiger partial charge in [-0.25, -0.2) is 4.79 Å². The highest BCUT2D eigenvalue weighted by Gasteiger charge is 2.19. The van der Waals surface area contributed by atoms with E-state index in [1.54, 1.807) is 12.1 Å². The van der Waals surface area contributed by atoms with Gasteiger partial charge in [-0.1, -0.05) is 6.92 Å². The van der Waals surface area contributed by atoms with Crippen molar-refractivity contribution >= 4 is 35.2 Å². The Balaban J connectivity index is 2.34. The van der Waals surface area contributed by atoms with E-state index in [2.05, 4.69) is 11.8 Å². The third kappa shape index (κ3) is 3.98. The van der Waals surface area contributed by atoms with Gasteiger partial charge in [-0.2, -0.15) is 11.8 Å². The first-order chi connectivity index (χ1) is 9.97. The Morgan fingerprint density at radius 1 is 1.57 bits per heavy atom. The Kier molecular flexibility index (Phi) is 4.85. The summed E-state index contributed by atoms with van der Waals surface area (Å²) >= 11 is 1.90. The van der Waals surface area contributed by atoms with Gasteiger partial charge in [0.25, 0.3) is 5.69 Å². The number of anilines is 1. The molecular formula is C14H16N2O4S. The molecule has 1 aliphatic heterocycles. The zero-order chi connectivity index (χ0) is 15.4. The molecule has 1 aliphatic rings. The van der Waals surface area contributed by atoms with Crippen molar-refractivity contribution in [1.29, 1.82) is 0 Å². The van der Waals surface area contributed by atoms with Crippen molar-refractivity contribution in [2.24, 2.45) is 0 Å². The summed E-state index contributed by atoms with van der Waals surface area (Å²) in [6.07, 6.45) is 2.19. The monoisotopic (exact) mass is 308 g/mol. The molecule has 21 heavy (non-hydrogen) atoms. The van der Waals surface area contributed by atoms with Crippen molar-refractivity contribution < 1.29 is 14.8 Å². The van der Waals surface area contributed by atoms with Crippen molar-refractivity contribution in [2.75, 3.05) is 23.7 Å². The second-order valence-electron chi connectivity index (χ2n) is 4.80. The second kappa shape index (κ2) is 6.62. The summed E-state index contributed by atoms with van der Waals surface area (Å²) in [5.74, 6) is -0.115. The minimum absolute atomic E-state index is 0.0873. The first-order valence-electron chi connectivity index (χ1n) is 6.53. The highest BCUT2D eigenvalue weighted by molar-refractivity contribution is 8.00.